The molecule has 0 spiro atoms. The van der Waals surface area contributed by atoms with Crippen LogP contribution in [0.2, 0.25) is 0 Å². The van der Waals surface area contributed by atoms with Crippen LogP contribution in [0.25, 0.3) is 0 Å². The second kappa shape index (κ2) is 11.8. The summed E-state index contributed by atoms with van der Waals surface area (Å²) in [6, 6.07) is 13.9. The summed E-state index contributed by atoms with van der Waals surface area (Å²) in [6.07, 6.45) is 0. The van der Waals surface area contributed by atoms with Crippen molar-refractivity contribution in [2.24, 2.45) is 0 Å². The lowest BCUT2D eigenvalue weighted by Gasteiger charge is -2.32. The van der Waals surface area contributed by atoms with E-state index in [4.69, 9.17) is 0 Å². The quantitative estimate of drug-likeness (QED) is 0.622. The van der Waals surface area contributed by atoms with E-state index in [-0.39, 0.29) is 29.1 Å². The van der Waals surface area contributed by atoms with Crippen molar-refractivity contribution in [3.8, 4) is 0 Å². The van der Waals surface area contributed by atoms with E-state index in [0.29, 0.717) is 12.2 Å². The lowest BCUT2D eigenvalue weighted by atomic mass is 10.1. The summed E-state index contributed by atoms with van der Waals surface area (Å²) in [6.45, 7) is 5.73. The number of amides is 2. The molecule has 8 heteroatoms. The first-order chi connectivity index (χ1) is 15.0. The Kier molecular flexibility index (Phi) is 8.87. The van der Waals surface area contributed by atoms with E-state index in [2.05, 4.69) is 39.6 Å². The van der Waals surface area contributed by atoms with Crippen LogP contribution >= 0.6 is 11.8 Å². The number of piperazine rings is 1. The predicted molar refractivity (Wildman–Crippen MR) is 123 cm³/mol. The third-order valence-electron chi connectivity index (χ3n) is 5.08. The van der Waals surface area contributed by atoms with Crippen LogP contribution in [0.3, 0.4) is 0 Å². The van der Waals surface area contributed by atoms with Crippen LogP contribution in [-0.2, 0) is 22.7 Å². The summed E-state index contributed by atoms with van der Waals surface area (Å²) in [5.41, 5.74) is 2.86. The van der Waals surface area contributed by atoms with Gasteiger partial charge in [-0.3, -0.25) is 14.5 Å². The van der Waals surface area contributed by atoms with Gasteiger partial charge in [0.15, 0.2) is 0 Å². The first kappa shape index (κ1) is 23.2. The van der Waals surface area contributed by atoms with Gasteiger partial charge in [0.25, 0.3) is 0 Å². The molecule has 0 aromatic heterocycles. The van der Waals surface area contributed by atoms with Gasteiger partial charge in [0.05, 0.1) is 11.5 Å². The maximum atomic E-state index is 12.9. The molecule has 0 radical (unpaired) electrons. The number of carbonyl (C=O) groups is 2. The predicted octanol–water partition coefficient (Wildman–Crippen LogP) is 2.56. The molecule has 31 heavy (non-hydrogen) atoms. The van der Waals surface area contributed by atoms with E-state index < -0.39 is 0 Å². The number of nitrogens with one attached hydrogen (secondary N) is 2. The fraction of sp³-hybridized carbons (Fsp3) is 0.391. The van der Waals surface area contributed by atoms with E-state index in [1.165, 1.54) is 41.6 Å². The van der Waals surface area contributed by atoms with Gasteiger partial charge < -0.3 is 15.5 Å². The van der Waals surface area contributed by atoms with E-state index in [9.17, 15) is 14.0 Å². The van der Waals surface area contributed by atoms with Crippen molar-refractivity contribution in [3.63, 3.8) is 0 Å². The zero-order chi connectivity index (χ0) is 22.1. The monoisotopic (exact) mass is 444 g/mol. The number of thioether (sulfide) groups is 1. The van der Waals surface area contributed by atoms with Crippen LogP contribution in [-0.4, -0.2) is 66.3 Å². The first-order valence-electron chi connectivity index (χ1n) is 10.4. The molecule has 0 unspecified atom stereocenters. The molecule has 1 saturated heterocycles. The fourth-order valence-electron chi connectivity index (χ4n) is 3.32. The second-order valence-electron chi connectivity index (χ2n) is 7.72. The molecule has 0 saturated carbocycles. The van der Waals surface area contributed by atoms with Crippen molar-refractivity contribution in [1.29, 1.82) is 0 Å². The summed E-state index contributed by atoms with van der Waals surface area (Å²) in [5.74, 6) is -0.317. The molecule has 6 nitrogen and oxygen atoms in total. The standard InChI is InChI=1S/C23H29FN4O2S/c1-27-9-11-28(12-10-27)15-19-4-2-3-18(13-19)14-25-22(29)16-31-17-23(30)26-21-7-5-20(24)6-8-21/h2-8,13H,9-12,14-17H2,1H3,(H,25,29)(H,26,30). The van der Waals surface area contributed by atoms with Crippen molar-refractivity contribution in [1.82, 2.24) is 15.1 Å². The number of carbonyl (C=O) groups excluding carboxylic acids is 2. The zero-order valence-corrected chi connectivity index (χ0v) is 18.6. The van der Waals surface area contributed by atoms with Gasteiger partial charge in [-0.15, -0.1) is 11.8 Å². The van der Waals surface area contributed by atoms with Crippen LogP contribution in [0.1, 0.15) is 11.1 Å². The van der Waals surface area contributed by atoms with Gasteiger partial charge in [0.2, 0.25) is 11.8 Å². The van der Waals surface area contributed by atoms with Gasteiger partial charge in [0, 0.05) is 45.0 Å². The minimum Gasteiger partial charge on any atom is -0.351 e. The minimum absolute atomic E-state index is 0.107. The average molecular weight is 445 g/mol. The molecule has 0 bridgehead atoms. The molecule has 2 aromatic carbocycles. The number of hydrogen-bond acceptors (Lipinski definition) is 5. The van der Waals surface area contributed by atoms with Crippen molar-refractivity contribution >= 4 is 29.3 Å². The van der Waals surface area contributed by atoms with Gasteiger partial charge in [-0.1, -0.05) is 24.3 Å². The van der Waals surface area contributed by atoms with Crippen molar-refractivity contribution in [3.05, 3.63) is 65.5 Å². The third kappa shape index (κ3) is 8.32. The lowest BCUT2D eigenvalue weighted by molar-refractivity contribution is -0.118. The van der Waals surface area contributed by atoms with E-state index in [1.54, 1.807) is 0 Å². The van der Waals surface area contributed by atoms with Gasteiger partial charge in [-0.25, -0.2) is 4.39 Å². The highest BCUT2D eigenvalue weighted by Crippen LogP contribution is 2.11. The number of nitrogens with zero attached hydrogens (tertiary/aromatic N) is 2. The van der Waals surface area contributed by atoms with Gasteiger partial charge in [0.1, 0.15) is 5.82 Å². The van der Waals surface area contributed by atoms with Gasteiger partial charge in [-0.2, -0.15) is 0 Å². The zero-order valence-electron chi connectivity index (χ0n) is 17.8. The van der Waals surface area contributed by atoms with Crippen LogP contribution < -0.4 is 10.6 Å². The van der Waals surface area contributed by atoms with E-state index in [0.717, 1.165) is 38.3 Å². The van der Waals surface area contributed by atoms with Crippen LogP contribution in [0.15, 0.2) is 48.5 Å². The number of rotatable bonds is 9. The summed E-state index contributed by atoms with van der Waals surface area (Å²) < 4.78 is 12.9. The van der Waals surface area contributed by atoms with Gasteiger partial charge >= 0.3 is 0 Å². The lowest BCUT2D eigenvalue weighted by Crippen LogP contribution is -2.43. The van der Waals surface area contributed by atoms with Crippen molar-refractivity contribution in [2.75, 3.05) is 50.0 Å². The summed E-state index contributed by atoms with van der Waals surface area (Å²) in [5, 5.41) is 5.59. The Hall–Kier alpha value is -2.42. The average Bonchev–Trinajstić information content (AvgIpc) is 2.76. The first-order valence-corrected chi connectivity index (χ1v) is 11.5. The minimum atomic E-state index is -0.353. The maximum absolute atomic E-state index is 12.9. The summed E-state index contributed by atoms with van der Waals surface area (Å²) in [4.78, 5) is 28.8. The number of likely N-dealkylation sites (N-methyl/N-ethyl adjacent to an activating group) is 1. The normalized spacial score (nSPS) is 14.9. The van der Waals surface area contributed by atoms with Gasteiger partial charge in [-0.05, 0) is 42.4 Å². The van der Waals surface area contributed by atoms with Crippen LogP contribution in [0.5, 0.6) is 0 Å². The van der Waals surface area contributed by atoms with Crippen LogP contribution in [0.4, 0.5) is 10.1 Å². The van der Waals surface area contributed by atoms with Crippen molar-refractivity contribution < 1.29 is 14.0 Å². The topological polar surface area (TPSA) is 64.7 Å². The Bertz CT molecular complexity index is 870. The molecule has 0 atom stereocenters. The molecule has 1 aliphatic heterocycles. The molecule has 0 aliphatic carbocycles. The molecule has 166 valence electrons. The molecule has 3 rings (SSSR count). The molecule has 2 amide bonds. The molecular weight excluding hydrogens is 415 g/mol. The Morgan fingerprint density at radius 2 is 1.65 bits per heavy atom. The highest BCUT2D eigenvalue weighted by Gasteiger charge is 2.14. The van der Waals surface area contributed by atoms with E-state index >= 15 is 0 Å². The fourth-order valence-corrected chi connectivity index (χ4v) is 3.97. The maximum Gasteiger partial charge on any atom is 0.234 e. The molecular formula is C23H29FN4O2S. The van der Waals surface area contributed by atoms with Crippen molar-refractivity contribution in [2.45, 2.75) is 13.1 Å². The van der Waals surface area contributed by atoms with E-state index in [1.807, 2.05) is 12.1 Å². The molecule has 2 aromatic rings. The number of benzene rings is 2. The van der Waals surface area contributed by atoms with Crippen LogP contribution in [0, 0.1) is 5.82 Å². The number of halogens is 1. The molecule has 1 fully saturated rings. The highest BCUT2D eigenvalue weighted by molar-refractivity contribution is 8.00. The highest BCUT2D eigenvalue weighted by atomic mass is 32.2. The summed E-state index contributed by atoms with van der Waals surface area (Å²) >= 11 is 1.24. The Morgan fingerprint density at radius 1 is 0.968 bits per heavy atom. The Morgan fingerprint density at radius 3 is 2.39 bits per heavy atom. The number of anilines is 1. The smallest absolute Gasteiger partial charge is 0.234 e. The SMILES string of the molecule is CN1CCN(Cc2cccc(CNC(=O)CSCC(=O)Nc3ccc(F)cc3)c2)CC1. The molecule has 1 aliphatic rings. The Balaban J connectivity index is 1.34. The Labute approximate surface area is 187 Å². The largest absolute Gasteiger partial charge is 0.351 e. The molecule has 1 heterocycles. The number of hydrogen-bond donors (Lipinski definition) is 2. The second-order valence-corrected chi connectivity index (χ2v) is 8.71. The molecule has 2 N–H and O–H groups in total. The summed E-state index contributed by atoms with van der Waals surface area (Å²) in [7, 11) is 2.15. The third-order valence-corrected chi connectivity index (χ3v) is 6.01.